The van der Waals surface area contributed by atoms with Gasteiger partial charge in [0.15, 0.2) is 0 Å². The number of amides is 1. The summed E-state index contributed by atoms with van der Waals surface area (Å²) < 4.78 is 11.9. The first kappa shape index (κ1) is 28.9. The number of aryl methyl sites for hydroxylation is 1. The van der Waals surface area contributed by atoms with Gasteiger partial charge in [0.25, 0.3) is 11.7 Å². The molecule has 7 heteroatoms. The maximum absolute atomic E-state index is 13.4. The highest BCUT2D eigenvalue weighted by atomic mass is 16.5. The molecule has 1 atom stereocenters. The van der Waals surface area contributed by atoms with Crippen LogP contribution in [0.4, 0.5) is 0 Å². The zero-order valence-corrected chi connectivity index (χ0v) is 23.7. The minimum atomic E-state index is -0.748. The lowest BCUT2D eigenvalue weighted by molar-refractivity contribution is -0.139. The van der Waals surface area contributed by atoms with Gasteiger partial charge < -0.3 is 24.4 Å². The highest BCUT2D eigenvalue weighted by Gasteiger charge is 2.46. The number of para-hydroxylation sites is 1. The molecular formula is C33H38N2O5. The van der Waals surface area contributed by atoms with Gasteiger partial charge >= 0.3 is 0 Å². The second kappa shape index (κ2) is 13.3. The van der Waals surface area contributed by atoms with Crippen LogP contribution in [-0.2, 0) is 9.59 Å². The molecular weight excluding hydrogens is 504 g/mol. The smallest absolute Gasteiger partial charge is 0.295 e. The molecule has 1 fully saturated rings. The first-order chi connectivity index (χ1) is 19.3. The molecule has 1 aliphatic rings. The first-order valence-corrected chi connectivity index (χ1v) is 13.8. The molecule has 3 aromatic carbocycles. The Bertz CT molecular complexity index is 1370. The largest absolute Gasteiger partial charge is 0.507 e. The van der Waals surface area contributed by atoms with Crippen LogP contribution >= 0.6 is 0 Å². The normalized spacial score (nSPS) is 16.5. The molecule has 0 bridgehead atoms. The Kier molecular flexibility index (Phi) is 9.61. The lowest BCUT2D eigenvalue weighted by Gasteiger charge is -2.26. The summed E-state index contributed by atoms with van der Waals surface area (Å²) in [5.74, 6) is 0.481. The quantitative estimate of drug-likeness (QED) is 0.125. The third-order valence-electron chi connectivity index (χ3n) is 6.90. The van der Waals surface area contributed by atoms with E-state index in [-0.39, 0.29) is 11.3 Å². The standard InChI is InChI=1S/C33H38N2O5/c1-5-6-20-39-28-17-16-25(21-23(28)2)31(36)29-30(35(33(38)32(29)37)19-11-18-34(3)4)24-12-10-15-27(22-24)40-26-13-8-7-9-14-26/h7-10,12-17,21-22,30,36H,5-6,11,18-20H2,1-4H3. The predicted molar refractivity (Wildman–Crippen MR) is 157 cm³/mol. The van der Waals surface area contributed by atoms with Gasteiger partial charge in [-0.2, -0.15) is 0 Å². The van der Waals surface area contributed by atoms with Crippen LogP contribution in [0.1, 0.15) is 48.9 Å². The molecule has 1 heterocycles. The summed E-state index contributed by atoms with van der Waals surface area (Å²) in [5.41, 5.74) is 2.07. The number of ketones is 1. The molecule has 0 aliphatic carbocycles. The Labute approximate surface area is 236 Å². The van der Waals surface area contributed by atoms with Crippen molar-refractivity contribution in [2.24, 2.45) is 0 Å². The molecule has 1 aliphatic heterocycles. The number of carbonyl (C=O) groups is 2. The van der Waals surface area contributed by atoms with E-state index in [0.717, 1.165) is 30.7 Å². The maximum atomic E-state index is 13.4. The second-order valence-electron chi connectivity index (χ2n) is 10.3. The van der Waals surface area contributed by atoms with Crippen LogP contribution in [0.5, 0.6) is 17.2 Å². The van der Waals surface area contributed by atoms with Crippen molar-refractivity contribution in [3.05, 3.63) is 95.1 Å². The number of Topliss-reactive ketones (excluding diaryl/α,β-unsaturated/α-hetero) is 1. The number of hydrogen-bond donors (Lipinski definition) is 1. The number of hydrogen-bond acceptors (Lipinski definition) is 6. The number of aliphatic hydroxyl groups excluding tert-OH is 1. The average molecular weight is 543 g/mol. The van der Waals surface area contributed by atoms with Gasteiger partial charge in [-0.05, 0) is 94.0 Å². The van der Waals surface area contributed by atoms with E-state index in [1.165, 1.54) is 0 Å². The molecule has 0 aromatic heterocycles. The number of rotatable bonds is 12. The summed E-state index contributed by atoms with van der Waals surface area (Å²) in [4.78, 5) is 30.4. The second-order valence-corrected chi connectivity index (χ2v) is 10.3. The van der Waals surface area contributed by atoms with Crippen molar-refractivity contribution in [1.29, 1.82) is 0 Å². The number of unbranched alkanes of at least 4 members (excludes halogenated alkanes) is 1. The molecule has 7 nitrogen and oxygen atoms in total. The van der Waals surface area contributed by atoms with E-state index >= 15 is 0 Å². The van der Waals surface area contributed by atoms with Gasteiger partial charge in [0.1, 0.15) is 23.0 Å². The summed E-state index contributed by atoms with van der Waals surface area (Å²) >= 11 is 0. The van der Waals surface area contributed by atoms with Gasteiger partial charge in [-0.3, -0.25) is 9.59 Å². The van der Waals surface area contributed by atoms with E-state index in [2.05, 4.69) is 6.92 Å². The zero-order valence-electron chi connectivity index (χ0n) is 23.7. The number of nitrogens with zero attached hydrogens (tertiary/aromatic N) is 2. The van der Waals surface area contributed by atoms with Crippen molar-refractivity contribution < 1.29 is 24.2 Å². The summed E-state index contributed by atoms with van der Waals surface area (Å²) in [7, 11) is 3.93. The van der Waals surface area contributed by atoms with E-state index < -0.39 is 17.7 Å². The molecule has 40 heavy (non-hydrogen) atoms. The number of ether oxygens (including phenoxy) is 2. The van der Waals surface area contributed by atoms with Crippen LogP contribution in [0.25, 0.3) is 5.76 Å². The van der Waals surface area contributed by atoms with Crippen molar-refractivity contribution in [2.45, 2.75) is 39.2 Å². The summed E-state index contributed by atoms with van der Waals surface area (Å²) in [5, 5.41) is 11.5. The van der Waals surface area contributed by atoms with Crippen molar-refractivity contribution in [2.75, 3.05) is 33.8 Å². The van der Waals surface area contributed by atoms with Gasteiger partial charge in [-0.1, -0.05) is 43.7 Å². The van der Waals surface area contributed by atoms with Crippen LogP contribution in [-0.4, -0.2) is 60.4 Å². The van der Waals surface area contributed by atoms with Crippen molar-refractivity contribution >= 4 is 17.4 Å². The van der Waals surface area contributed by atoms with E-state index in [4.69, 9.17) is 9.47 Å². The van der Waals surface area contributed by atoms with Crippen LogP contribution in [0, 0.1) is 6.92 Å². The molecule has 0 radical (unpaired) electrons. The monoisotopic (exact) mass is 542 g/mol. The fraction of sp³-hybridized carbons (Fsp3) is 0.333. The van der Waals surface area contributed by atoms with Gasteiger partial charge in [0, 0.05) is 12.1 Å². The Morgan fingerprint density at radius 3 is 2.40 bits per heavy atom. The highest BCUT2D eigenvalue weighted by molar-refractivity contribution is 6.46. The van der Waals surface area contributed by atoms with Crippen LogP contribution in [0.15, 0.2) is 78.4 Å². The lowest BCUT2D eigenvalue weighted by atomic mass is 9.94. The third-order valence-corrected chi connectivity index (χ3v) is 6.90. The molecule has 3 aromatic rings. The van der Waals surface area contributed by atoms with Crippen molar-refractivity contribution in [1.82, 2.24) is 9.80 Å². The van der Waals surface area contributed by atoms with E-state index in [1.807, 2.05) is 80.5 Å². The highest BCUT2D eigenvalue weighted by Crippen LogP contribution is 2.41. The Morgan fingerprint density at radius 1 is 0.950 bits per heavy atom. The summed E-state index contributed by atoms with van der Waals surface area (Å²) in [6.45, 7) is 5.75. The number of benzene rings is 3. The molecule has 1 N–H and O–H groups in total. The van der Waals surface area contributed by atoms with Crippen molar-refractivity contribution in [3.8, 4) is 17.2 Å². The van der Waals surface area contributed by atoms with Gasteiger partial charge in [-0.25, -0.2) is 0 Å². The fourth-order valence-electron chi connectivity index (χ4n) is 4.83. The van der Waals surface area contributed by atoms with Crippen LogP contribution < -0.4 is 9.47 Å². The van der Waals surface area contributed by atoms with Crippen molar-refractivity contribution in [3.63, 3.8) is 0 Å². The topological polar surface area (TPSA) is 79.3 Å². The van der Waals surface area contributed by atoms with Gasteiger partial charge in [-0.15, -0.1) is 0 Å². The minimum Gasteiger partial charge on any atom is -0.507 e. The molecule has 1 saturated heterocycles. The molecule has 1 amide bonds. The number of likely N-dealkylation sites (tertiary alicyclic amines) is 1. The Morgan fingerprint density at radius 2 is 1.70 bits per heavy atom. The Hall–Kier alpha value is -4.10. The van der Waals surface area contributed by atoms with Crippen LogP contribution in [0.2, 0.25) is 0 Å². The lowest BCUT2D eigenvalue weighted by Crippen LogP contribution is -2.32. The third kappa shape index (κ3) is 6.72. The number of aliphatic hydroxyl groups is 1. The SMILES string of the molecule is CCCCOc1ccc(C(O)=C2C(=O)C(=O)N(CCCN(C)C)C2c2cccc(Oc3ccccc3)c2)cc1C. The maximum Gasteiger partial charge on any atom is 0.295 e. The Balaban J connectivity index is 1.74. The molecule has 0 spiro atoms. The molecule has 0 saturated carbocycles. The minimum absolute atomic E-state index is 0.0748. The average Bonchev–Trinajstić information content (AvgIpc) is 3.19. The van der Waals surface area contributed by atoms with Crippen LogP contribution in [0.3, 0.4) is 0 Å². The van der Waals surface area contributed by atoms with E-state index in [0.29, 0.717) is 42.2 Å². The fourth-order valence-corrected chi connectivity index (χ4v) is 4.83. The number of carbonyl (C=O) groups excluding carboxylic acids is 2. The molecule has 1 unspecified atom stereocenters. The molecule has 210 valence electrons. The molecule has 4 rings (SSSR count). The van der Waals surface area contributed by atoms with Gasteiger partial charge in [0.05, 0.1) is 18.2 Å². The summed E-state index contributed by atoms with van der Waals surface area (Å²) in [6, 6.07) is 21.3. The van der Waals surface area contributed by atoms with E-state index in [1.54, 1.807) is 23.1 Å². The first-order valence-electron chi connectivity index (χ1n) is 13.8. The zero-order chi connectivity index (χ0) is 28.6. The van der Waals surface area contributed by atoms with E-state index in [9.17, 15) is 14.7 Å². The van der Waals surface area contributed by atoms with Gasteiger partial charge in [0.2, 0.25) is 0 Å². The summed E-state index contributed by atoms with van der Waals surface area (Å²) in [6.07, 6.45) is 2.66. The predicted octanol–water partition coefficient (Wildman–Crippen LogP) is 6.34.